The van der Waals surface area contributed by atoms with E-state index in [-0.39, 0.29) is 6.04 Å². The molecule has 0 saturated carbocycles. The van der Waals surface area contributed by atoms with Crippen LogP contribution in [0.25, 0.3) is 0 Å². The number of nitrogens with one attached hydrogen (secondary N) is 1. The number of nitrogens with zero attached hydrogens (tertiary/aromatic N) is 1. The Morgan fingerprint density at radius 1 is 1.89 bits per heavy atom. The minimum absolute atomic E-state index is 0.170. The molecule has 0 aliphatic carbocycles. The summed E-state index contributed by atoms with van der Waals surface area (Å²) >= 11 is 0. The van der Waals surface area contributed by atoms with Gasteiger partial charge in [0.2, 0.25) is 0 Å². The molecule has 0 aliphatic rings. The van der Waals surface area contributed by atoms with E-state index in [9.17, 15) is 4.79 Å². The molecule has 9 heavy (non-hydrogen) atoms. The van der Waals surface area contributed by atoms with Crippen molar-refractivity contribution in [1.82, 2.24) is 5.43 Å². The van der Waals surface area contributed by atoms with Gasteiger partial charge in [-0.05, 0) is 6.92 Å². The first-order valence-electron chi connectivity index (χ1n) is 2.47. The quantitative estimate of drug-likeness (QED) is 0.330. The van der Waals surface area contributed by atoms with Gasteiger partial charge in [-0.3, -0.25) is 0 Å². The van der Waals surface area contributed by atoms with Gasteiger partial charge < -0.3 is 11.5 Å². The topological polar surface area (TPSA) is 93.5 Å². The van der Waals surface area contributed by atoms with Crippen LogP contribution in [0.3, 0.4) is 0 Å². The Morgan fingerprint density at radius 3 is 2.78 bits per heavy atom. The second kappa shape index (κ2) is 3.85. The fraction of sp³-hybridized carbons (Fsp3) is 0.500. The highest BCUT2D eigenvalue weighted by Crippen LogP contribution is 1.64. The molecule has 0 radical (unpaired) electrons. The summed E-state index contributed by atoms with van der Waals surface area (Å²) < 4.78 is 0. The molecule has 0 saturated heterocycles. The van der Waals surface area contributed by atoms with Crippen molar-refractivity contribution in [3.05, 3.63) is 0 Å². The van der Waals surface area contributed by atoms with Gasteiger partial charge >= 0.3 is 6.03 Å². The number of nitrogens with two attached hydrogens (primary N) is 2. The van der Waals surface area contributed by atoms with Crippen LogP contribution in [-0.4, -0.2) is 18.3 Å². The van der Waals surface area contributed by atoms with Crippen molar-refractivity contribution in [2.45, 2.75) is 13.0 Å². The molecule has 0 spiro atoms. The minimum atomic E-state index is -0.688. The highest BCUT2D eigenvalue weighted by Gasteiger charge is 1.85. The molecular weight excluding hydrogens is 120 g/mol. The Labute approximate surface area is 53.1 Å². The van der Waals surface area contributed by atoms with Gasteiger partial charge in [-0.2, -0.15) is 5.10 Å². The zero-order valence-electron chi connectivity index (χ0n) is 5.16. The molecular formula is C4H10N4O. The number of rotatable bonds is 2. The predicted molar refractivity (Wildman–Crippen MR) is 34.9 cm³/mol. The number of carbonyl (C=O) groups excluding carboxylic acids is 1. The van der Waals surface area contributed by atoms with Gasteiger partial charge in [0, 0.05) is 12.3 Å². The van der Waals surface area contributed by atoms with E-state index in [0.717, 1.165) is 0 Å². The molecule has 2 amide bonds. The molecule has 0 aromatic carbocycles. The standard InChI is InChI=1S/C4H10N4O/c1-3(5)2-7-8-4(6)9/h2-3H,5H2,1H3,(H3,6,8,9)/b7-2+/t3-/m0/s1. The molecule has 5 N–H and O–H groups in total. The van der Waals surface area contributed by atoms with Crippen molar-refractivity contribution >= 4 is 12.2 Å². The molecule has 0 aromatic rings. The second-order valence-electron chi connectivity index (χ2n) is 1.61. The molecule has 0 heterocycles. The average molecular weight is 130 g/mol. The van der Waals surface area contributed by atoms with E-state index in [2.05, 4.69) is 10.8 Å². The molecule has 0 aromatic heterocycles. The number of hydrogen-bond donors (Lipinski definition) is 3. The summed E-state index contributed by atoms with van der Waals surface area (Å²) in [6, 6.07) is -0.858. The Hall–Kier alpha value is -1.10. The van der Waals surface area contributed by atoms with Crippen LogP contribution in [0.2, 0.25) is 0 Å². The molecule has 0 fully saturated rings. The summed E-state index contributed by atoms with van der Waals surface area (Å²) in [6.07, 6.45) is 1.38. The van der Waals surface area contributed by atoms with Gasteiger partial charge in [-0.25, -0.2) is 10.2 Å². The lowest BCUT2D eigenvalue weighted by Crippen LogP contribution is -2.26. The van der Waals surface area contributed by atoms with Crippen molar-refractivity contribution in [3.63, 3.8) is 0 Å². The Balaban J connectivity index is 3.36. The fourth-order valence-electron chi connectivity index (χ4n) is 0.218. The van der Waals surface area contributed by atoms with Crippen LogP contribution in [0.4, 0.5) is 4.79 Å². The highest BCUT2D eigenvalue weighted by molar-refractivity contribution is 5.73. The lowest BCUT2D eigenvalue weighted by Gasteiger charge is -1.92. The largest absolute Gasteiger partial charge is 0.350 e. The molecule has 5 heteroatoms. The van der Waals surface area contributed by atoms with Gasteiger partial charge in [0.15, 0.2) is 0 Å². The zero-order valence-corrected chi connectivity index (χ0v) is 5.16. The number of carbonyl (C=O) groups is 1. The van der Waals surface area contributed by atoms with Crippen LogP contribution in [0, 0.1) is 0 Å². The number of hydrazone groups is 1. The van der Waals surface area contributed by atoms with Crippen molar-refractivity contribution < 1.29 is 4.79 Å². The SMILES string of the molecule is C[C@H](N)/C=N/NC(N)=O. The molecule has 5 nitrogen and oxygen atoms in total. The molecule has 52 valence electrons. The lowest BCUT2D eigenvalue weighted by atomic mass is 10.4. The van der Waals surface area contributed by atoms with Gasteiger partial charge in [-0.15, -0.1) is 0 Å². The number of hydrogen-bond acceptors (Lipinski definition) is 3. The Bertz CT molecular complexity index is 120. The van der Waals surface area contributed by atoms with Crippen LogP contribution in [0.1, 0.15) is 6.92 Å². The molecule has 0 aliphatic heterocycles. The number of urea groups is 1. The monoisotopic (exact) mass is 130 g/mol. The highest BCUT2D eigenvalue weighted by atomic mass is 16.2. The molecule has 0 bridgehead atoms. The van der Waals surface area contributed by atoms with Crippen LogP contribution >= 0.6 is 0 Å². The van der Waals surface area contributed by atoms with Crippen molar-refractivity contribution in [3.8, 4) is 0 Å². The maximum Gasteiger partial charge on any atom is 0.332 e. The smallest absolute Gasteiger partial charge is 0.332 e. The summed E-state index contributed by atoms with van der Waals surface area (Å²) in [5.41, 5.74) is 11.9. The first-order chi connectivity index (χ1) is 4.13. The van der Waals surface area contributed by atoms with Gasteiger partial charge in [0.1, 0.15) is 0 Å². The van der Waals surface area contributed by atoms with Gasteiger partial charge in [0.05, 0.1) is 0 Å². The van der Waals surface area contributed by atoms with Crippen molar-refractivity contribution in [2.24, 2.45) is 16.6 Å². The van der Waals surface area contributed by atoms with E-state index in [4.69, 9.17) is 5.73 Å². The van der Waals surface area contributed by atoms with E-state index in [1.165, 1.54) is 6.21 Å². The summed E-state index contributed by atoms with van der Waals surface area (Å²) in [6.45, 7) is 1.73. The molecule has 0 rings (SSSR count). The fourth-order valence-corrected chi connectivity index (χ4v) is 0.218. The van der Waals surface area contributed by atoms with Gasteiger partial charge in [-0.1, -0.05) is 0 Å². The maximum atomic E-state index is 9.94. The Morgan fingerprint density at radius 2 is 2.44 bits per heavy atom. The minimum Gasteiger partial charge on any atom is -0.350 e. The molecule has 1 atom stereocenters. The maximum absolute atomic E-state index is 9.94. The second-order valence-corrected chi connectivity index (χ2v) is 1.61. The third-order valence-corrected chi connectivity index (χ3v) is 0.484. The third-order valence-electron chi connectivity index (χ3n) is 0.484. The number of amides is 2. The van der Waals surface area contributed by atoms with E-state index in [0.29, 0.717) is 0 Å². The summed E-state index contributed by atoms with van der Waals surface area (Å²) in [5.74, 6) is 0. The number of primary amides is 1. The molecule has 0 unspecified atom stereocenters. The normalized spacial score (nSPS) is 13.6. The lowest BCUT2D eigenvalue weighted by molar-refractivity contribution is 0.249. The van der Waals surface area contributed by atoms with E-state index in [1.54, 1.807) is 6.92 Å². The van der Waals surface area contributed by atoms with Crippen LogP contribution in [0.5, 0.6) is 0 Å². The van der Waals surface area contributed by atoms with Crippen LogP contribution in [0.15, 0.2) is 5.10 Å². The summed E-state index contributed by atoms with van der Waals surface area (Å²) in [4.78, 5) is 9.94. The first kappa shape index (κ1) is 7.90. The van der Waals surface area contributed by atoms with Crippen molar-refractivity contribution in [1.29, 1.82) is 0 Å². The van der Waals surface area contributed by atoms with E-state index >= 15 is 0 Å². The average Bonchev–Trinajstić information content (AvgIpc) is 1.63. The Kier molecular flexibility index (Phi) is 3.38. The summed E-state index contributed by atoms with van der Waals surface area (Å²) in [5, 5.41) is 3.40. The van der Waals surface area contributed by atoms with E-state index < -0.39 is 6.03 Å². The predicted octanol–water partition coefficient (Wildman–Crippen LogP) is -1.01. The van der Waals surface area contributed by atoms with Crippen molar-refractivity contribution in [2.75, 3.05) is 0 Å². The summed E-state index contributed by atoms with van der Waals surface area (Å²) in [7, 11) is 0. The van der Waals surface area contributed by atoms with Crippen LogP contribution in [-0.2, 0) is 0 Å². The zero-order chi connectivity index (χ0) is 7.28. The van der Waals surface area contributed by atoms with E-state index in [1.807, 2.05) is 5.43 Å². The third kappa shape index (κ3) is 6.90. The first-order valence-corrected chi connectivity index (χ1v) is 2.47. The van der Waals surface area contributed by atoms with Gasteiger partial charge in [0.25, 0.3) is 0 Å². The van der Waals surface area contributed by atoms with Crippen LogP contribution < -0.4 is 16.9 Å².